The van der Waals surface area contributed by atoms with Gasteiger partial charge in [-0.15, -0.1) is 0 Å². The predicted octanol–water partition coefficient (Wildman–Crippen LogP) is 1.90. The largest absolute Gasteiger partial charge is 0.488 e. The Morgan fingerprint density at radius 2 is 1.41 bits per heavy atom. The molecule has 13 heteroatoms. The second kappa shape index (κ2) is 13.8. The summed E-state index contributed by atoms with van der Waals surface area (Å²) < 4.78 is 15.6. The van der Waals surface area contributed by atoms with Gasteiger partial charge in [-0.05, 0) is 72.7 Å². The fourth-order valence-corrected chi connectivity index (χ4v) is 3.40. The van der Waals surface area contributed by atoms with Crippen molar-refractivity contribution in [1.82, 2.24) is 16.0 Å². The van der Waals surface area contributed by atoms with Crippen LogP contribution in [0.1, 0.15) is 65.2 Å². The average molecular weight is 575 g/mol. The predicted molar refractivity (Wildman–Crippen MR) is 151 cm³/mol. The number of ether oxygens (including phenoxy) is 3. The van der Waals surface area contributed by atoms with E-state index in [1.165, 1.54) is 24.3 Å². The van der Waals surface area contributed by atoms with Crippen LogP contribution >= 0.6 is 0 Å². The minimum absolute atomic E-state index is 0.0138. The number of anilines is 2. The van der Waals surface area contributed by atoms with Gasteiger partial charge < -0.3 is 35.5 Å². The second-order valence-electron chi connectivity index (χ2n) is 11.0. The lowest BCUT2D eigenvalue weighted by molar-refractivity contribution is -0.156. The Morgan fingerprint density at radius 3 is 1.98 bits per heavy atom. The van der Waals surface area contributed by atoms with Crippen molar-refractivity contribution in [2.24, 2.45) is 0 Å². The zero-order valence-corrected chi connectivity index (χ0v) is 24.4. The number of carbonyl (C=O) groups excluding carboxylic acids is 4. The van der Waals surface area contributed by atoms with Crippen LogP contribution in [-0.2, 0) is 19.1 Å². The third kappa shape index (κ3) is 10.6. The van der Waals surface area contributed by atoms with Gasteiger partial charge in [-0.2, -0.15) is 0 Å². The van der Waals surface area contributed by atoms with Crippen molar-refractivity contribution in [2.75, 3.05) is 25.0 Å². The maximum absolute atomic E-state index is 12.9. The van der Waals surface area contributed by atoms with E-state index in [0.717, 1.165) is 0 Å². The number of nitrogens with one attached hydrogen (secondary N) is 4. The van der Waals surface area contributed by atoms with Crippen molar-refractivity contribution in [3.05, 3.63) is 50.3 Å². The Kier molecular flexibility index (Phi) is 11.0. The molecule has 0 aromatic heterocycles. The number of carbonyl (C=O) groups is 4. The summed E-state index contributed by atoms with van der Waals surface area (Å²) in [5.74, 6) is -2.03. The minimum atomic E-state index is -1.27. The van der Waals surface area contributed by atoms with Gasteiger partial charge >= 0.3 is 12.1 Å². The van der Waals surface area contributed by atoms with Gasteiger partial charge in [-0.3, -0.25) is 24.0 Å². The van der Waals surface area contributed by atoms with Crippen molar-refractivity contribution in [3.8, 4) is 5.75 Å². The van der Waals surface area contributed by atoms with Crippen LogP contribution in [0.5, 0.6) is 5.75 Å². The van der Waals surface area contributed by atoms with E-state index in [-0.39, 0.29) is 36.7 Å². The van der Waals surface area contributed by atoms with Crippen LogP contribution in [-0.4, -0.2) is 60.8 Å². The topological polar surface area (TPSA) is 178 Å². The maximum atomic E-state index is 12.9. The Hall–Kier alpha value is -4.42. The molecule has 0 saturated carbocycles. The standard InChI is InChI=1S/C28H38N4O9/c1-8-39-23-20(21(34)22(23)35)31-17-11-9-16(10-12-17)24(36)32-18(15-19(33)40-27(2,3)4)25(37)29-13-14-30-26(38)41-28(5,6)7/h9-12,18,31H,8,13-15H2,1-7H3,(H,29,37)(H,30,38)(H,32,36)/t18-/m0/s1. The monoisotopic (exact) mass is 574 g/mol. The van der Waals surface area contributed by atoms with Gasteiger partial charge in [0.1, 0.15) is 22.9 Å². The van der Waals surface area contributed by atoms with Crippen LogP contribution in [0.15, 0.2) is 33.9 Å². The van der Waals surface area contributed by atoms with Crippen LogP contribution in [0.4, 0.5) is 16.2 Å². The molecular formula is C28H38N4O9. The number of rotatable bonds is 12. The second-order valence-corrected chi connectivity index (χ2v) is 11.0. The summed E-state index contributed by atoms with van der Waals surface area (Å²) in [6.45, 7) is 12.2. The maximum Gasteiger partial charge on any atom is 0.407 e. The van der Waals surface area contributed by atoms with Gasteiger partial charge in [-0.1, -0.05) is 0 Å². The zero-order chi connectivity index (χ0) is 31.0. The number of hydrogen-bond donors (Lipinski definition) is 4. The lowest BCUT2D eigenvalue weighted by Crippen LogP contribution is -2.49. The Morgan fingerprint density at radius 1 is 0.829 bits per heavy atom. The van der Waals surface area contributed by atoms with E-state index in [1.54, 1.807) is 48.5 Å². The number of esters is 1. The van der Waals surface area contributed by atoms with Gasteiger partial charge in [0.15, 0.2) is 5.75 Å². The van der Waals surface area contributed by atoms with Crippen LogP contribution in [0.25, 0.3) is 0 Å². The first-order valence-corrected chi connectivity index (χ1v) is 13.1. The molecule has 0 radical (unpaired) electrons. The molecule has 224 valence electrons. The highest BCUT2D eigenvalue weighted by Crippen LogP contribution is 2.23. The first-order valence-electron chi connectivity index (χ1n) is 13.1. The summed E-state index contributed by atoms with van der Waals surface area (Å²) in [5, 5.41) is 10.4. The molecule has 0 aliphatic carbocycles. The SMILES string of the molecule is CCOc1c(Nc2ccc(C(=O)N[C@@H](CC(=O)OC(C)(C)C)C(=O)NCCNC(=O)OC(C)(C)C)cc2)c(=O)c1=O. The van der Waals surface area contributed by atoms with Gasteiger partial charge in [0.2, 0.25) is 5.91 Å². The van der Waals surface area contributed by atoms with Gasteiger partial charge in [0, 0.05) is 24.3 Å². The van der Waals surface area contributed by atoms with Crippen LogP contribution < -0.4 is 36.9 Å². The number of alkyl carbamates (subject to hydrolysis) is 1. The van der Waals surface area contributed by atoms with Crippen molar-refractivity contribution >= 4 is 35.3 Å². The van der Waals surface area contributed by atoms with Crippen molar-refractivity contribution in [2.45, 2.75) is 72.1 Å². The molecule has 4 N–H and O–H groups in total. The van der Waals surface area contributed by atoms with Crippen LogP contribution in [0.2, 0.25) is 0 Å². The highest BCUT2D eigenvalue weighted by atomic mass is 16.6. The van der Waals surface area contributed by atoms with Gasteiger partial charge in [0.05, 0.1) is 13.0 Å². The van der Waals surface area contributed by atoms with E-state index in [4.69, 9.17) is 14.2 Å². The van der Waals surface area contributed by atoms with Crippen LogP contribution in [0.3, 0.4) is 0 Å². The van der Waals surface area contributed by atoms with Crippen LogP contribution in [0, 0.1) is 0 Å². The molecule has 0 aliphatic heterocycles. The summed E-state index contributed by atoms with van der Waals surface area (Å²) in [6.07, 6.45) is -1.08. The molecular weight excluding hydrogens is 536 g/mol. The number of benzene rings is 1. The molecule has 3 amide bonds. The molecule has 0 aliphatic rings. The van der Waals surface area contributed by atoms with E-state index in [2.05, 4.69) is 21.3 Å². The molecule has 0 heterocycles. The number of amides is 3. The highest BCUT2D eigenvalue weighted by Gasteiger charge is 2.28. The molecule has 13 nitrogen and oxygen atoms in total. The molecule has 0 saturated heterocycles. The van der Waals surface area contributed by atoms with E-state index in [1.807, 2.05) is 0 Å². The Labute approximate surface area is 238 Å². The molecule has 41 heavy (non-hydrogen) atoms. The normalized spacial score (nSPS) is 12.2. The molecule has 2 rings (SSSR count). The Balaban J connectivity index is 2.05. The third-order valence-electron chi connectivity index (χ3n) is 5.08. The van der Waals surface area contributed by atoms with Crippen molar-refractivity contribution < 1.29 is 33.4 Å². The number of hydrogen-bond acceptors (Lipinski definition) is 10. The first kappa shape index (κ1) is 32.8. The molecule has 0 spiro atoms. The zero-order valence-electron chi connectivity index (χ0n) is 24.4. The van der Waals surface area contributed by atoms with E-state index in [9.17, 15) is 28.8 Å². The lowest BCUT2D eigenvalue weighted by atomic mass is 10.1. The summed E-state index contributed by atoms with van der Waals surface area (Å²) in [7, 11) is 0. The fourth-order valence-electron chi connectivity index (χ4n) is 3.40. The quantitative estimate of drug-likeness (QED) is 0.166. The van der Waals surface area contributed by atoms with E-state index in [0.29, 0.717) is 5.69 Å². The van der Waals surface area contributed by atoms with Crippen molar-refractivity contribution in [3.63, 3.8) is 0 Å². The van der Waals surface area contributed by atoms with E-state index >= 15 is 0 Å². The summed E-state index contributed by atoms with van der Waals surface area (Å²) in [5.41, 5.74) is -2.26. The Bertz CT molecular complexity index is 1310. The molecule has 0 unspecified atom stereocenters. The molecule has 1 atom stereocenters. The summed E-state index contributed by atoms with van der Waals surface area (Å²) >= 11 is 0. The molecule has 0 bridgehead atoms. The minimum Gasteiger partial charge on any atom is -0.488 e. The van der Waals surface area contributed by atoms with Gasteiger partial charge in [-0.25, -0.2) is 4.79 Å². The highest BCUT2D eigenvalue weighted by molar-refractivity contribution is 5.99. The first-order chi connectivity index (χ1) is 19.0. The molecule has 2 aromatic rings. The third-order valence-corrected chi connectivity index (χ3v) is 5.08. The molecule has 2 aromatic carbocycles. The summed E-state index contributed by atoms with van der Waals surface area (Å²) in [4.78, 5) is 73.6. The fraction of sp³-hybridized carbons (Fsp3) is 0.500. The van der Waals surface area contributed by atoms with Gasteiger partial charge in [0.25, 0.3) is 16.8 Å². The van der Waals surface area contributed by atoms with Crippen molar-refractivity contribution in [1.29, 1.82) is 0 Å². The molecule has 0 fully saturated rings. The lowest BCUT2D eigenvalue weighted by Gasteiger charge is -2.23. The van der Waals surface area contributed by atoms with E-state index < -0.39 is 58.4 Å². The smallest absolute Gasteiger partial charge is 0.407 e. The summed E-state index contributed by atoms with van der Waals surface area (Å²) in [6, 6.07) is 4.63. The average Bonchev–Trinajstić information content (AvgIpc) is 2.86.